The van der Waals surface area contributed by atoms with Gasteiger partial charge in [-0.3, -0.25) is 9.69 Å². The van der Waals surface area contributed by atoms with E-state index in [0.29, 0.717) is 5.70 Å². The fourth-order valence-corrected chi connectivity index (χ4v) is 2.36. The van der Waals surface area contributed by atoms with E-state index in [4.69, 9.17) is 5.11 Å². The Morgan fingerprint density at radius 2 is 1.78 bits per heavy atom. The summed E-state index contributed by atoms with van der Waals surface area (Å²) in [5, 5.41) is 9.07. The van der Waals surface area contributed by atoms with E-state index in [9.17, 15) is 9.59 Å². The topological polar surface area (TPSA) is 57.6 Å². The van der Waals surface area contributed by atoms with Crippen molar-refractivity contribution in [1.29, 1.82) is 0 Å². The highest BCUT2D eigenvalue weighted by Crippen LogP contribution is 2.34. The van der Waals surface area contributed by atoms with Gasteiger partial charge in [-0.05, 0) is 31.9 Å². The van der Waals surface area contributed by atoms with Gasteiger partial charge in [0.05, 0.1) is 17.7 Å². The number of carbonyl (C=O) groups excluding carboxylic acids is 1. The number of allylic oxidation sites excluding steroid dienone is 1. The van der Waals surface area contributed by atoms with Crippen molar-refractivity contribution in [2.45, 2.75) is 27.2 Å². The van der Waals surface area contributed by atoms with Crippen LogP contribution >= 0.6 is 0 Å². The molecule has 1 heterocycles. The number of benzene rings is 1. The van der Waals surface area contributed by atoms with Crippen LogP contribution in [-0.4, -0.2) is 17.0 Å². The lowest BCUT2D eigenvalue weighted by atomic mass is 10.1. The average molecular weight is 245 g/mol. The third-order valence-electron chi connectivity index (χ3n) is 3.27. The van der Waals surface area contributed by atoms with Gasteiger partial charge in [-0.15, -0.1) is 0 Å². The van der Waals surface area contributed by atoms with Crippen LogP contribution < -0.4 is 4.90 Å². The zero-order chi connectivity index (χ0) is 13.4. The molecule has 0 radical (unpaired) electrons. The minimum atomic E-state index is -1.02. The Morgan fingerprint density at radius 1 is 1.22 bits per heavy atom. The molecule has 0 spiro atoms. The minimum Gasteiger partial charge on any atom is -0.478 e. The smallest absolute Gasteiger partial charge is 0.333 e. The van der Waals surface area contributed by atoms with Crippen molar-refractivity contribution in [2.24, 2.45) is 0 Å². The van der Waals surface area contributed by atoms with Crippen LogP contribution in [0.5, 0.6) is 0 Å². The van der Waals surface area contributed by atoms with E-state index in [-0.39, 0.29) is 17.9 Å². The van der Waals surface area contributed by atoms with Crippen molar-refractivity contribution in [3.63, 3.8) is 0 Å². The van der Waals surface area contributed by atoms with E-state index in [1.54, 1.807) is 6.92 Å². The lowest BCUT2D eigenvalue weighted by molar-refractivity contribution is -0.133. The van der Waals surface area contributed by atoms with E-state index in [2.05, 4.69) is 0 Å². The number of hydrogen-bond acceptors (Lipinski definition) is 2. The Bertz CT molecular complexity index is 552. The number of amides is 1. The predicted octanol–water partition coefficient (Wildman–Crippen LogP) is 2.40. The van der Waals surface area contributed by atoms with Crippen LogP contribution in [0, 0.1) is 13.8 Å². The maximum absolute atomic E-state index is 12.0. The summed E-state index contributed by atoms with van der Waals surface area (Å²) in [6.07, 6.45) is -0.0328. The molecule has 4 heteroatoms. The number of hydrogen-bond donors (Lipinski definition) is 1. The molecular formula is C14H15NO3. The Morgan fingerprint density at radius 3 is 2.22 bits per heavy atom. The predicted molar refractivity (Wildman–Crippen MR) is 68.4 cm³/mol. The maximum Gasteiger partial charge on any atom is 0.333 e. The van der Waals surface area contributed by atoms with Gasteiger partial charge in [0, 0.05) is 5.70 Å². The second kappa shape index (κ2) is 4.29. The molecule has 0 unspecified atom stereocenters. The van der Waals surface area contributed by atoms with Crippen LogP contribution in [0.1, 0.15) is 24.5 Å². The van der Waals surface area contributed by atoms with E-state index in [1.165, 1.54) is 4.90 Å². The van der Waals surface area contributed by atoms with E-state index in [0.717, 1.165) is 16.8 Å². The lowest BCUT2D eigenvalue weighted by Crippen LogP contribution is -2.25. The molecule has 0 saturated heterocycles. The SMILES string of the molecule is CC1=C(C(=O)O)CC(=O)N1c1c(C)cccc1C. The first-order valence-corrected chi connectivity index (χ1v) is 5.75. The Balaban J connectivity index is 2.58. The Hall–Kier alpha value is -2.10. The summed E-state index contributed by atoms with van der Waals surface area (Å²) in [4.78, 5) is 24.6. The second-order valence-electron chi connectivity index (χ2n) is 4.52. The maximum atomic E-state index is 12.0. The molecular weight excluding hydrogens is 230 g/mol. The minimum absolute atomic E-state index is 0.0328. The third kappa shape index (κ3) is 1.79. The summed E-state index contributed by atoms with van der Waals surface area (Å²) < 4.78 is 0. The standard InChI is InChI=1S/C14H15NO3/c1-8-5-4-6-9(2)13(8)15-10(3)11(14(17)18)7-12(15)16/h4-6H,7H2,1-3H3,(H,17,18). The number of aryl methyl sites for hydroxylation is 2. The zero-order valence-electron chi connectivity index (χ0n) is 10.7. The quantitative estimate of drug-likeness (QED) is 0.870. The first-order valence-electron chi connectivity index (χ1n) is 5.75. The number of anilines is 1. The third-order valence-corrected chi connectivity index (χ3v) is 3.27. The zero-order valence-corrected chi connectivity index (χ0v) is 10.7. The number of carbonyl (C=O) groups is 2. The summed E-state index contributed by atoms with van der Waals surface area (Å²) in [6, 6.07) is 5.76. The second-order valence-corrected chi connectivity index (χ2v) is 4.52. The van der Waals surface area contributed by atoms with Crippen LogP contribution in [-0.2, 0) is 9.59 Å². The average Bonchev–Trinajstić information content (AvgIpc) is 2.56. The number of nitrogens with zero attached hydrogens (tertiary/aromatic N) is 1. The molecule has 1 amide bonds. The number of para-hydroxylation sites is 1. The Labute approximate surface area is 106 Å². The fourth-order valence-electron chi connectivity index (χ4n) is 2.36. The molecule has 0 aliphatic carbocycles. The van der Waals surface area contributed by atoms with Crippen molar-refractivity contribution in [2.75, 3.05) is 4.90 Å². The van der Waals surface area contributed by atoms with Crippen molar-refractivity contribution < 1.29 is 14.7 Å². The normalized spacial score (nSPS) is 15.5. The van der Waals surface area contributed by atoms with Crippen LogP contribution in [0.4, 0.5) is 5.69 Å². The molecule has 4 nitrogen and oxygen atoms in total. The highest BCUT2D eigenvalue weighted by Gasteiger charge is 2.33. The molecule has 18 heavy (non-hydrogen) atoms. The van der Waals surface area contributed by atoms with Gasteiger partial charge >= 0.3 is 5.97 Å². The molecule has 1 aromatic carbocycles. The van der Waals surface area contributed by atoms with Gasteiger partial charge < -0.3 is 5.11 Å². The Kier molecular flexibility index (Phi) is 2.95. The van der Waals surface area contributed by atoms with Crippen molar-refractivity contribution in [3.05, 3.63) is 40.6 Å². The van der Waals surface area contributed by atoms with E-state index in [1.807, 2.05) is 32.0 Å². The molecule has 1 aromatic rings. The first-order chi connectivity index (χ1) is 8.43. The highest BCUT2D eigenvalue weighted by molar-refractivity contribution is 6.09. The lowest BCUT2D eigenvalue weighted by Gasteiger charge is -2.22. The van der Waals surface area contributed by atoms with Gasteiger partial charge in [0.15, 0.2) is 0 Å². The molecule has 0 fully saturated rings. The summed E-state index contributed by atoms with van der Waals surface area (Å²) in [7, 11) is 0. The number of carboxylic acid groups (broad SMARTS) is 1. The summed E-state index contributed by atoms with van der Waals surface area (Å²) in [5.74, 6) is -1.20. The van der Waals surface area contributed by atoms with Crippen molar-refractivity contribution in [3.8, 4) is 0 Å². The number of carboxylic acids is 1. The van der Waals surface area contributed by atoms with E-state index >= 15 is 0 Å². The van der Waals surface area contributed by atoms with Crippen LogP contribution in [0.15, 0.2) is 29.5 Å². The van der Waals surface area contributed by atoms with E-state index < -0.39 is 5.97 Å². The monoisotopic (exact) mass is 245 g/mol. The molecule has 0 bridgehead atoms. The summed E-state index contributed by atoms with van der Waals surface area (Å²) >= 11 is 0. The molecule has 0 atom stereocenters. The van der Waals surface area contributed by atoms with Gasteiger partial charge in [-0.2, -0.15) is 0 Å². The summed E-state index contributed by atoms with van der Waals surface area (Å²) in [6.45, 7) is 5.52. The van der Waals surface area contributed by atoms with Gasteiger partial charge in [0.2, 0.25) is 5.91 Å². The molecule has 0 aromatic heterocycles. The van der Waals surface area contributed by atoms with Gasteiger partial charge in [-0.1, -0.05) is 18.2 Å². The van der Waals surface area contributed by atoms with Crippen molar-refractivity contribution >= 4 is 17.6 Å². The van der Waals surface area contributed by atoms with Gasteiger partial charge in [0.25, 0.3) is 0 Å². The summed E-state index contributed by atoms with van der Waals surface area (Å²) in [5.41, 5.74) is 3.44. The van der Waals surface area contributed by atoms with Crippen molar-refractivity contribution in [1.82, 2.24) is 0 Å². The first kappa shape index (κ1) is 12.4. The molecule has 2 rings (SSSR count). The largest absolute Gasteiger partial charge is 0.478 e. The molecule has 94 valence electrons. The highest BCUT2D eigenvalue weighted by atomic mass is 16.4. The van der Waals surface area contributed by atoms with Crippen LogP contribution in [0.25, 0.3) is 0 Å². The van der Waals surface area contributed by atoms with Crippen LogP contribution in [0.2, 0.25) is 0 Å². The molecule has 1 N–H and O–H groups in total. The molecule has 1 aliphatic heterocycles. The van der Waals surface area contributed by atoms with Gasteiger partial charge in [0.1, 0.15) is 0 Å². The molecule has 0 saturated carbocycles. The molecule has 1 aliphatic rings. The van der Waals surface area contributed by atoms with Gasteiger partial charge in [-0.25, -0.2) is 4.79 Å². The fraction of sp³-hybridized carbons (Fsp3) is 0.286. The number of aliphatic carboxylic acids is 1. The van der Waals surface area contributed by atoms with Crippen LogP contribution in [0.3, 0.4) is 0 Å². The number of rotatable bonds is 2.